The molecule has 2 N–H and O–H groups in total. The van der Waals surface area contributed by atoms with E-state index in [0.29, 0.717) is 19.8 Å². The van der Waals surface area contributed by atoms with E-state index in [-0.39, 0.29) is 24.0 Å². The van der Waals surface area contributed by atoms with E-state index in [1.807, 2.05) is 0 Å². The molecule has 0 saturated carbocycles. The predicted molar refractivity (Wildman–Crippen MR) is 125 cm³/mol. The summed E-state index contributed by atoms with van der Waals surface area (Å²) in [4.78, 5) is 7.35. The van der Waals surface area contributed by atoms with Crippen LogP contribution in [-0.2, 0) is 9.47 Å². The summed E-state index contributed by atoms with van der Waals surface area (Å²) in [7, 11) is 0. The lowest BCUT2D eigenvalue weighted by molar-refractivity contribution is 0.0487. The number of unbranched alkanes of at least 4 members (excludes halogenated alkanes) is 1. The normalized spacial score (nSPS) is 16.2. The molecule has 0 aromatic heterocycles. The van der Waals surface area contributed by atoms with Crippen LogP contribution in [0.3, 0.4) is 0 Å². The average Bonchev–Trinajstić information content (AvgIpc) is 2.66. The number of guanidine groups is 1. The summed E-state index contributed by atoms with van der Waals surface area (Å²) in [6, 6.07) is 0. The molecule has 27 heavy (non-hydrogen) atoms. The van der Waals surface area contributed by atoms with Crippen LogP contribution in [0.4, 0.5) is 0 Å². The number of nitrogens with zero attached hydrogens (tertiary/aromatic N) is 2. The predicted octanol–water partition coefficient (Wildman–Crippen LogP) is 3.11. The van der Waals surface area contributed by atoms with Crippen LogP contribution in [0.15, 0.2) is 4.99 Å². The molecule has 162 valence electrons. The monoisotopic (exact) mass is 498 g/mol. The van der Waals surface area contributed by atoms with E-state index in [1.54, 1.807) is 0 Å². The van der Waals surface area contributed by atoms with Gasteiger partial charge in [-0.2, -0.15) is 0 Å². The van der Waals surface area contributed by atoms with Crippen molar-refractivity contribution in [2.24, 2.45) is 10.9 Å². The summed E-state index contributed by atoms with van der Waals surface area (Å²) in [6.07, 6.45) is 6.09. The van der Waals surface area contributed by atoms with Crippen LogP contribution >= 0.6 is 24.0 Å². The van der Waals surface area contributed by atoms with E-state index in [4.69, 9.17) is 14.5 Å². The van der Waals surface area contributed by atoms with Gasteiger partial charge in [0.2, 0.25) is 0 Å². The fraction of sp³-hybridized carbons (Fsp3) is 0.950. The highest BCUT2D eigenvalue weighted by Crippen LogP contribution is 2.17. The third-order valence-corrected chi connectivity index (χ3v) is 4.65. The Labute approximate surface area is 184 Å². The van der Waals surface area contributed by atoms with Crippen molar-refractivity contribution in [2.75, 3.05) is 65.7 Å². The summed E-state index contributed by atoms with van der Waals surface area (Å²) < 4.78 is 11.1. The van der Waals surface area contributed by atoms with Gasteiger partial charge < -0.3 is 25.0 Å². The molecule has 1 heterocycles. The van der Waals surface area contributed by atoms with Crippen molar-refractivity contribution in [3.05, 3.63) is 0 Å². The zero-order valence-electron chi connectivity index (χ0n) is 17.8. The Balaban J connectivity index is 0.00000676. The molecule has 0 amide bonds. The third kappa shape index (κ3) is 14.5. The van der Waals surface area contributed by atoms with Crippen molar-refractivity contribution in [3.8, 4) is 0 Å². The second-order valence-corrected chi connectivity index (χ2v) is 7.01. The van der Waals surface area contributed by atoms with Gasteiger partial charge in [0.15, 0.2) is 5.96 Å². The van der Waals surface area contributed by atoms with Crippen molar-refractivity contribution in [2.45, 2.75) is 52.9 Å². The fourth-order valence-electron chi connectivity index (χ4n) is 3.08. The molecule has 1 aliphatic heterocycles. The molecule has 0 bridgehead atoms. The van der Waals surface area contributed by atoms with Gasteiger partial charge in [0, 0.05) is 26.2 Å². The minimum Gasteiger partial charge on any atom is -0.379 e. The van der Waals surface area contributed by atoms with E-state index in [2.05, 4.69) is 36.3 Å². The number of aliphatic imine (C=N–C) groups is 1. The van der Waals surface area contributed by atoms with Gasteiger partial charge in [-0.1, -0.05) is 20.3 Å². The van der Waals surface area contributed by atoms with Gasteiger partial charge in [-0.05, 0) is 58.2 Å². The zero-order chi connectivity index (χ0) is 18.9. The molecule has 7 heteroatoms. The molecule has 1 aliphatic rings. The van der Waals surface area contributed by atoms with Crippen molar-refractivity contribution >= 4 is 29.9 Å². The number of hydrogen-bond acceptors (Lipinski definition) is 4. The second-order valence-electron chi connectivity index (χ2n) is 7.01. The molecule has 0 radical (unpaired) electrons. The lowest BCUT2D eigenvalue weighted by atomic mass is 9.97. The molecule has 1 fully saturated rings. The van der Waals surface area contributed by atoms with Crippen molar-refractivity contribution in [1.82, 2.24) is 15.5 Å². The van der Waals surface area contributed by atoms with Crippen LogP contribution in [0.1, 0.15) is 52.9 Å². The quantitative estimate of drug-likeness (QED) is 0.167. The fourth-order valence-corrected chi connectivity index (χ4v) is 3.08. The maximum Gasteiger partial charge on any atom is 0.191 e. The minimum atomic E-state index is 0. The lowest BCUT2D eigenvalue weighted by Gasteiger charge is -2.31. The van der Waals surface area contributed by atoms with Gasteiger partial charge in [-0.15, -0.1) is 24.0 Å². The summed E-state index contributed by atoms with van der Waals surface area (Å²) in [6.45, 7) is 15.7. The highest BCUT2D eigenvalue weighted by atomic mass is 127. The van der Waals surface area contributed by atoms with Crippen molar-refractivity contribution < 1.29 is 9.47 Å². The van der Waals surface area contributed by atoms with E-state index in [1.165, 1.54) is 45.3 Å². The maximum atomic E-state index is 5.60. The number of nitrogens with one attached hydrogen (secondary N) is 2. The molecule has 0 unspecified atom stereocenters. The highest BCUT2D eigenvalue weighted by Gasteiger charge is 2.18. The summed E-state index contributed by atoms with van der Waals surface area (Å²) >= 11 is 0. The lowest BCUT2D eigenvalue weighted by Crippen LogP contribution is -2.40. The van der Waals surface area contributed by atoms with E-state index >= 15 is 0 Å². The van der Waals surface area contributed by atoms with Crippen molar-refractivity contribution in [3.63, 3.8) is 0 Å². The molecule has 1 saturated heterocycles. The van der Waals surface area contributed by atoms with Crippen LogP contribution in [-0.4, -0.2) is 76.6 Å². The molecule has 1 rings (SSSR count). The number of halogens is 1. The molecule has 6 nitrogen and oxygen atoms in total. The van der Waals surface area contributed by atoms with E-state index in [0.717, 1.165) is 44.5 Å². The Kier molecular flexibility index (Phi) is 19.1. The van der Waals surface area contributed by atoms with Gasteiger partial charge >= 0.3 is 0 Å². The first-order valence-corrected chi connectivity index (χ1v) is 10.7. The largest absolute Gasteiger partial charge is 0.379 e. The average molecular weight is 498 g/mol. The topological polar surface area (TPSA) is 58.1 Å². The Morgan fingerprint density at radius 2 is 1.67 bits per heavy atom. The Bertz CT molecular complexity index is 351. The number of hydrogen-bond donors (Lipinski definition) is 2. The van der Waals surface area contributed by atoms with Gasteiger partial charge in [0.25, 0.3) is 0 Å². The Morgan fingerprint density at radius 3 is 2.30 bits per heavy atom. The first kappa shape index (κ1) is 26.9. The first-order valence-electron chi connectivity index (χ1n) is 10.7. The minimum absolute atomic E-state index is 0. The van der Waals surface area contributed by atoms with Crippen LogP contribution in [0.2, 0.25) is 0 Å². The molecule has 0 aromatic carbocycles. The molecule has 0 atom stereocenters. The third-order valence-electron chi connectivity index (χ3n) is 4.65. The van der Waals surface area contributed by atoms with Crippen LogP contribution < -0.4 is 10.6 Å². The number of piperidine rings is 1. The molecule has 0 aromatic rings. The number of likely N-dealkylation sites (tertiary alicyclic amines) is 1. The van der Waals surface area contributed by atoms with Crippen LogP contribution in [0, 0.1) is 5.92 Å². The van der Waals surface area contributed by atoms with E-state index < -0.39 is 0 Å². The smallest absolute Gasteiger partial charge is 0.191 e. The summed E-state index contributed by atoms with van der Waals surface area (Å²) in [5, 5.41) is 6.69. The summed E-state index contributed by atoms with van der Waals surface area (Å²) in [5.41, 5.74) is 0. The van der Waals surface area contributed by atoms with Crippen LogP contribution in [0.25, 0.3) is 0 Å². The molecular weight excluding hydrogens is 455 g/mol. The first-order chi connectivity index (χ1) is 12.8. The number of ether oxygens (including phenoxy) is 2. The molecule has 0 aliphatic carbocycles. The van der Waals surface area contributed by atoms with Crippen molar-refractivity contribution in [1.29, 1.82) is 0 Å². The zero-order valence-corrected chi connectivity index (χ0v) is 20.1. The molecule has 0 spiro atoms. The van der Waals surface area contributed by atoms with Gasteiger partial charge in [0.1, 0.15) is 0 Å². The van der Waals surface area contributed by atoms with E-state index in [9.17, 15) is 0 Å². The van der Waals surface area contributed by atoms with Gasteiger partial charge in [-0.3, -0.25) is 4.99 Å². The van der Waals surface area contributed by atoms with Gasteiger partial charge in [-0.25, -0.2) is 0 Å². The van der Waals surface area contributed by atoms with Crippen LogP contribution in [0.5, 0.6) is 0 Å². The molecular formula is C20H43IN4O2. The maximum absolute atomic E-state index is 5.60. The summed E-state index contributed by atoms with van der Waals surface area (Å²) in [5.74, 6) is 1.63. The van der Waals surface area contributed by atoms with Gasteiger partial charge in [0.05, 0.1) is 19.8 Å². The highest BCUT2D eigenvalue weighted by molar-refractivity contribution is 14.0. The Morgan fingerprint density at radius 1 is 0.963 bits per heavy atom. The standard InChI is InChI=1S/C20H42N4O2.HI/c1-4-7-14-25-16-17-26-15-10-22-20(21-6-3)23-18-19-8-12-24(11-5-2)13-9-19;/h19H,4-18H2,1-3H3,(H2,21,22,23);1H. The number of rotatable bonds is 14. The Hall–Kier alpha value is -0.120. The SMILES string of the molecule is CCCCOCCOCCNC(=NCC1CCN(CCC)CC1)NCC.I. The second kappa shape index (κ2) is 19.2.